The van der Waals surface area contributed by atoms with Crippen LogP contribution in [0.2, 0.25) is 0 Å². The van der Waals surface area contributed by atoms with E-state index in [1.165, 1.54) is 13.5 Å². The van der Waals surface area contributed by atoms with Crippen molar-refractivity contribution in [2.75, 3.05) is 13.7 Å². The minimum atomic E-state index is -0.186. The number of carbonyl (C=O) groups is 1. The van der Waals surface area contributed by atoms with E-state index < -0.39 is 0 Å². The average molecular weight is 171 g/mol. The molecule has 0 spiro atoms. The second-order valence-electron chi connectivity index (χ2n) is 3.52. The maximum atomic E-state index is 11.2. The summed E-state index contributed by atoms with van der Waals surface area (Å²) in [7, 11) is 1.44. The Hall–Kier alpha value is -0.730. The molecule has 0 aromatic carbocycles. The standard InChI is InChI=1S/C9H17NO2/c1-7-5-4-6-10(8(7)2)9(11)12-3/h7-8H,4-6H2,1-3H3. The van der Waals surface area contributed by atoms with Gasteiger partial charge in [-0.3, -0.25) is 0 Å². The summed E-state index contributed by atoms with van der Waals surface area (Å²) in [6, 6.07) is 0.325. The van der Waals surface area contributed by atoms with Crippen molar-refractivity contribution in [1.29, 1.82) is 0 Å². The molecule has 2 atom stereocenters. The van der Waals surface area contributed by atoms with Crippen molar-refractivity contribution >= 4 is 6.09 Å². The average Bonchev–Trinajstić information content (AvgIpc) is 2.08. The summed E-state index contributed by atoms with van der Waals surface area (Å²) in [6.07, 6.45) is 2.13. The first-order valence-corrected chi connectivity index (χ1v) is 4.51. The number of hydrogen-bond acceptors (Lipinski definition) is 2. The van der Waals surface area contributed by atoms with Gasteiger partial charge in [0.25, 0.3) is 0 Å². The van der Waals surface area contributed by atoms with E-state index in [-0.39, 0.29) is 6.09 Å². The number of ether oxygens (including phenoxy) is 1. The number of piperidine rings is 1. The Labute approximate surface area is 73.7 Å². The van der Waals surface area contributed by atoms with Crippen LogP contribution in [0.15, 0.2) is 0 Å². The fourth-order valence-corrected chi connectivity index (χ4v) is 1.71. The Morgan fingerprint density at radius 1 is 1.50 bits per heavy atom. The van der Waals surface area contributed by atoms with Gasteiger partial charge in [-0.05, 0) is 25.7 Å². The van der Waals surface area contributed by atoms with Crippen molar-refractivity contribution in [2.24, 2.45) is 5.92 Å². The van der Waals surface area contributed by atoms with Gasteiger partial charge in [-0.2, -0.15) is 0 Å². The summed E-state index contributed by atoms with van der Waals surface area (Å²) in [5.41, 5.74) is 0. The molecule has 0 aromatic rings. The molecule has 0 saturated carbocycles. The smallest absolute Gasteiger partial charge is 0.409 e. The van der Waals surface area contributed by atoms with Crippen LogP contribution in [0.3, 0.4) is 0 Å². The SMILES string of the molecule is COC(=O)N1CCCC(C)C1C. The Morgan fingerprint density at radius 2 is 2.17 bits per heavy atom. The molecular weight excluding hydrogens is 154 g/mol. The van der Waals surface area contributed by atoms with Crippen LogP contribution >= 0.6 is 0 Å². The first-order valence-electron chi connectivity index (χ1n) is 4.51. The van der Waals surface area contributed by atoms with Gasteiger partial charge in [0.15, 0.2) is 0 Å². The summed E-state index contributed by atoms with van der Waals surface area (Å²) in [5.74, 6) is 0.595. The van der Waals surface area contributed by atoms with Crippen molar-refractivity contribution in [3.05, 3.63) is 0 Å². The van der Waals surface area contributed by atoms with E-state index in [4.69, 9.17) is 4.74 Å². The molecule has 1 aliphatic rings. The number of carbonyl (C=O) groups excluding carboxylic acids is 1. The monoisotopic (exact) mass is 171 g/mol. The number of nitrogens with zero attached hydrogens (tertiary/aromatic N) is 1. The minimum absolute atomic E-state index is 0.186. The quantitative estimate of drug-likeness (QED) is 0.557. The highest BCUT2D eigenvalue weighted by Gasteiger charge is 2.28. The van der Waals surface area contributed by atoms with Crippen molar-refractivity contribution < 1.29 is 9.53 Å². The van der Waals surface area contributed by atoms with Gasteiger partial charge in [0.05, 0.1) is 7.11 Å². The van der Waals surface area contributed by atoms with Crippen LogP contribution in [0.1, 0.15) is 26.7 Å². The van der Waals surface area contributed by atoms with Crippen LogP contribution in [0.25, 0.3) is 0 Å². The summed E-state index contributed by atoms with van der Waals surface area (Å²) >= 11 is 0. The number of methoxy groups -OCH3 is 1. The second kappa shape index (κ2) is 3.78. The van der Waals surface area contributed by atoms with E-state index >= 15 is 0 Å². The van der Waals surface area contributed by atoms with E-state index in [0.717, 1.165) is 13.0 Å². The van der Waals surface area contributed by atoms with Gasteiger partial charge in [0.2, 0.25) is 0 Å². The van der Waals surface area contributed by atoms with Crippen molar-refractivity contribution in [3.8, 4) is 0 Å². The molecule has 1 fully saturated rings. The van der Waals surface area contributed by atoms with Crippen molar-refractivity contribution in [3.63, 3.8) is 0 Å². The summed E-state index contributed by atoms with van der Waals surface area (Å²) < 4.78 is 4.70. The molecule has 0 N–H and O–H groups in total. The van der Waals surface area contributed by atoms with E-state index in [9.17, 15) is 4.79 Å². The summed E-state index contributed by atoms with van der Waals surface area (Å²) in [6.45, 7) is 5.11. The molecule has 1 rings (SSSR count). The summed E-state index contributed by atoms with van der Waals surface area (Å²) in [4.78, 5) is 13.0. The topological polar surface area (TPSA) is 29.5 Å². The first-order chi connectivity index (χ1) is 5.66. The number of rotatable bonds is 0. The Bertz CT molecular complexity index is 170. The van der Waals surface area contributed by atoms with Gasteiger partial charge >= 0.3 is 6.09 Å². The molecule has 1 aliphatic heterocycles. The zero-order valence-corrected chi connectivity index (χ0v) is 8.04. The van der Waals surface area contributed by atoms with Crippen molar-refractivity contribution in [1.82, 2.24) is 4.90 Å². The lowest BCUT2D eigenvalue weighted by molar-refractivity contribution is 0.0762. The highest BCUT2D eigenvalue weighted by atomic mass is 16.5. The molecular formula is C9H17NO2. The van der Waals surface area contributed by atoms with Crippen LogP contribution in [0.5, 0.6) is 0 Å². The van der Waals surface area contributed by atoms with Gasteiger partial charge in [-0.25, -0.2) is 4.79 Å². The third-order valence-electron chi connectivity index (χ3n) is 2.78. The van der Waals surface area contributed by atoms with E-state index in [2.05, 4.69) is 13.8 Å². The summed E-state index contributed by atoms with van der Waals surface area (Å²) in [5, 5.41) is 0. The third kappa shape index (κ3) is 1.71. The van der Waals surface area contributed by atoms with E-state index in [0.29, 0.717) is 12.0 Å². The zero-order chi connectivity index (χ0) is 9.14. The maximum Gasteiger partial charge on any atom is 0.409 e. The molecule has 0 aromatic heterocycles. The van der Waals surface area contributed by atoms with Gasteiger partial charge in [0, 0.05) is 12.6 Å². The molecule has 70 valence electrons. The number of amides is 1. The molecule has 1 heterocycles. The highest BCUT2D eigenvalue weighted by molar-refractivity contribution is 5.67. The maximum absolute atomic E-state index is 11.2. The third-order valence-corrected chi connectivity index (χ3v) is 2.78. The van der Waals surface area contributed by atoms with Gasteiger partial charge < -0.3 is 9.64 Å². The normalized spacial score (nSPS) is 30.1. The molecule has 2 unspecified atom stereocenters. The van der Waals surface area contributed by atoms with Crippen molar-refractivity contribution in [2.45, 2.75) is 32.7 Å². The lowest BCUT2D eigenvalue weighted by Gasteiger charge is -2.36. The van der Waals surface area contributed by atoms with Gasteiger partial charge in [-0.15, -0.1) is 0 Å². The predicted molar refractivity (Wildman–Crippen MR) is 47.0 cm³/mol. The lowest BCUT2D eigenvalue weighted by atomic mass is 9.92. The van der Waals surface area contributed by atoms with Crippen LogP contribution in [-0.2, 0) is 4.74 Å². The molecule has 0 radical (unpaired) electrons. The first kappa shape index (κ1) is 9.36. The lowest BCUT2D eigenvalue weighted by Crippen LogP contribution is -2.45. The van der Waals surface area contributed by atoms with Crippen LogP contribution < -0.4 is 0 Å². The predicted octanol–water partition coefficient (Wildman–Crippen LogP) is 1.87. The number of hydrogen-bond donors (Lipinski definition) is 0. The fourth-order valence-electron chi connectivity index (χ4n) is 1.71. The number of likely N-dealkylation sites (tertiary alicyclic amines) is 1. The molecule has 1 saturated heterocycles. The molecule has 3 nitrogen and oxygen atoms in total. The van der Waals surface area contributed by atoms with Gasteiger partial charge in [-0.1, -0.05) is 6.92 Å². The highest BCUT2D eigenvalue weighted by Crippen LogP contribution is 2.22. The molecule has 1 amide bonds. The van der Waals surface area contributed by atoms with E-state index in [1.54, 1.807) is 0 Å². The Kier molecular flexibility index (Phi) is 2.95. The van der Waals surface area contributed by atoms with Crippen LogP contribution in [-0.4, -0.2) is 30.7 Å². The van der Waals surface area contributed by atoms with Gasteiger partial charge in [0.1, 0.15) is 0 Å². The Balaban J connectivity index is 2.57. The second-order valence-corrected chi connectivity index (χ2v) is 3.52. The zero-order valence-electron chi connectivity index (χ0n) is 8.04. The van der Waals surface area contributed by atoms with E-state index in [1.807, 2.05) is 4.90 Å². The molecule has 0 aliphatic carbocycles. The van der Waals surface area contributed by atoms with Crippen LogP contribution in [0, 0.1) is 5.92 Å². The minimum Gasteiger partial charge on any atom is -0.453 e. The molecule has 0 bridgehead atoms. The molecule has 3 heteroatoms. The largest absolute Gasteiger partial charge is 0.453 e. The fraction of sp³-hybridized carbons (Fsp3) is 0.889. The Morgan fingerprint density at radius 3 is 2.75 bits per heavy atom. The molecule has 12 heavy (non-hydrogen) atoms. The van der Waals surface area contributed by atoms with Crippen LogP contribution in [0.4, 0.5) is 4.79 Å².